The van der Waals surface area contributed by atoms with E-state index in [4.69, 9.17) is 39.0 Å². The summed E-state index contributed by atoms with van der Waals surface area (Å²) in [5, 5.41) is 4.92. The number of ether oxygens (including phenoxy) is 2. The van der Waals surface area contributed by atoms with Crippen LogP contribution >= 0.6 is 0 Å². The van der Waals surface area contributed by atoms with Crippen LogP contribution in [-0.4, -0.2) is 58.6 Å². The third-order valence-corrected chi connectivity index (χ3v) is 16.7. The van der Waals surface area contributed by atoms with E-state index in [1.54, 1.807) is 4.90 Å². The number of oxime groups is 1. The predicted molar refractivity (Wildman–Crippen MR) is 214 cm³/mol. The number of para-hydroxylation sites is 2. The van der Waals surface area contributed by atoms with Gasteiger partial charge < -0.3 is 9.47 Å². The molecule has 1 amide bonds. The van der Waals surface area contributed by atoms with Gasteiger partial charge in [0.05, 0.1) is 35.4 Å². The van der Waals surface area contributed by atoms with Crippen LogP contribution in [0.2, 0.25) is 0 Å². The summed E-state index contributed by atoms with van der Waals surface area (Å²) in [6.07, 6.45) is 9.14. The fourth-order valence-electron chi connectivity index (χ4n) is 13.7. The van der Waals surface area contributed by atoms with Gasteiger partial charge in [-0.25, -0.2) is 29.2 Å². The third kappa shape index (κ3) is 6.00. The molecule has 2 aromatic carbocycles. The molecule has 6 heterocycles. The Morgan fingerprint density at radius 1 is 0.667 bits per heavy atom. The third-order valence-electron chi connectivity index (χ3n) is 16.7. The summed E-state index contributed by atoms with van der Waals surface area (Å²) in [5.74, 6) is 2.47. The molecule has 10 fully saturated rings. The van der Waals surface area contributed by atoms with Gasteiger partial charge in [-0.15, -0.1) is 0 Å². The lowest BCUT2D eigenvalue weighted by molar-refractivity contribution is -0.487. The molecule has 10 heteroatoms. The molecular weight excluding hydrogens is 721 g/mol. The molecular formula is C47H62N2O8. The molecule has 6 saturated heterocycles. The Kier molecular flexibility index (Phi) is 9.50. The second kappa shape index (κ2) is 14.1. The highest BCUT2D eigenvalue weighted by molar-refractivity contribution is 5.97. The zero-order valence-corrected chi connectivity index (χ0v) is 34.6. The Hall–Kier alpha value is -2.86. The number of benzene rings is 2. The average Bonchev–Trinajstić information content (AvgIpc) is 3.59. The molecule has 0 unspecified atom stereocenters. The summed E-state index contributed by atoms with van der Waals surface area (Å²) in [7, 11) is 0. The number of hydrogen-bond acceptors (Lipinski definition) is 9. The minimum absolute atomic E-state index is 0.0359. The second-order valence-electron chi connectivity index (χ2n) is 20.0. The zero-order chi connectivity index (χ0) is 39.3. The number of nitrogens with zero attached hydrogens (tertiary/aromatic N) is 2. The highest BCUT2D eigenvalue weighted by atomic mass is 17.2. The molecule has 4 bridgehead atoms. The maximum atomic E-state index is 14.4. The summed E-state index contributed by atoms with van der Waals surface area (Å²) in [6.45, 7) is 13.7. The molecule has 0 radical (unpaired) electrons. The van der Waals surface area contributed by atoms with E-state index in [9.17, 15) is 4.79 Å². The number of rotatable bonds is 6. The summed E-state index contributed by atoms with van der Waals surface area (Å²) < 4.78 is 14.8. The van der Waals surface area contributed by atoms with E-state index in [-0.39, 0.29) is 47.6 Å². The number of carbonyl (C=O) groups is 1. The lowest BCUT2D eigenvalue weighted by Gasteiger charge is -2.62. The van der Waals surface area contributed by atoms with Gasteiger partial charge in [-0.2, -0.15) is 0 Å². The van der Waals surface area contributed by atoms with Gasteiger partial charge in [0.1, 0.15) is 28.5 Å². The number of anilines is 2. The average molecular weight is 783 g/mol. The molecule has 10 nitrogen and oxygen atoms in total. The van der Waals surface area contributed by atoms with E-state index >= 15 is 0 Å². The van der Waals surface area contributed by atoms with Crippen molar-refractivity contribution in [2.24, 2.45) is 52.5 Å². The van der Waals surface area contributed by atoms with Gasteiger partial charge in [-0.05, 0) is 137 Å². The van der Waals surface area contributed by atoms with Gasteiger partial charge in [-0.1, -0.05) is 69.2 Å². The lowest BCUT2D eigenvalue weighted by Crippen LogP contribution is -2.71. The molecule has 57 heavy (non-hydrogen) atoms. The molecule has 4 saturated carbocycles. The van der Waals surface area contributed by atoms with Gasteiger partial charge in [0.2, 0.25) is 0 Å². The van der Waals surface area contributed by atoms with Crippen molar-refractivity contribution < 1.29 is 38.7 Å². The molecule has 2 aromatic rings. The van der Waals surface area contributed by atoms with Crippen LogP contribution < -0.4 is 4.90 Å². The van der Waals surface area contributed by atoms with Gasteiger partial charge >= 0.3 is 6.09 Å². The van der Waals surface area contributed by atoms with Gasteiger partial charge in [0.25, 0.3) is 0 Å². The van der Waals surface area contributed by atoms with E-state index in [2.05, 4.69) is 41.5 Å². The van der Waals surface area contributed by atoms with E-state index in [0.717, 1.165) is 63.5 Å². The molecule has 0 N–H and O–H groups in total. The van der Waals surface area contributed by atoms with Crippen LogP contribution in [0.3, 0.4) is 0 Å². The molecule has 0 aromatic heterocycles. The van der Waals surface area contributed by atoms with Gasteiger partial charge in [0.15, 0.2) is 0 Å². The van der Waals surface area contributed by atoms with Gasteiger partial charge in [-0.3, -0.25) is 4.84 Å². The molecule has 308 valence electrons. The zero-order valence-electron chi connectivity index (χ0n) is 34.6. The molecule has 16 atom stereocenters. The lowest BCUT2D eigenvalue weighted by atomic mass is 9.55. The van der Waals surface area contributed by atoms with Crippen LogP contribution in [0, 0.1) is 47.3 Å². The number of carbonyl (C=O) groups excluding carboxylic acids is 1. The Morgan fingerprint density at radius 3 is 1.72 bits per heavy atom. The van der Waals surface area contributed by atoms with E-state index in [0.29, 0.717) is 41.5 Å². The summed E-state index contributed by atoms with van der Waals surface area (Å²) in [5.41, 5.74) is 0.361. The second-order valence-corrected chi connectivity index (χ2v) is 20.0. The van der Waals surface area contributed by atoms with E-state index in [1.165, 1.54) is 6.42 Å². The van der Waals surface area contributed by atoms with Crippen LogP contribution in [0.4, 0.5) is 16.2 Å². The first kappa shape index (κ1) is 38.3. The summed E-state index contributed by atoms with van der Waals surface area (Å²) >= 11 is 0. The van der Waals surface area contributed by atoms with Crippen molar-refractivity contribution in [3.05, 3.63) is 60.7 Å². The molecule has 4 aliphatic carbocycles. The summed E-state index contributed by atoms with van der Waals surface area (Å²) in [4.78, 5) is 48.1. The van der Waals surface area contributed by atoms with Gasteiger partial charge in [0, 0.05) is 19.3 Å². The number of hydrogen-bond donors (Lipinski definition) is 0. The highest BCUT2D eigenvalue weighted by Crippen LogP contribution is 2.64. The van der Waals surface area contributed by atoms with Crippen molar-refractivity contribution in [2.45, 2.75) is 159 Å². The Labute approximate surface area is 338 Å². The molecule has 6 aliphatic heterocycles. The smallest absolute Gasteiger partial charge is 0.371 e. The fourth-order valence-corrected chi connectivity index (χ4v) is 13.7. The molecule has 2 spiro atoms. The Bertz CT molecular complexity index is 1810. The van der Waals surface area contributed by atoms with E-state index < -0.39 is 29.0 Å². The van der Waals surface area contributed by atoms with Crippen molar-refractivity contribution in [1.82, 2.24) is 0 Å². The fraction of sp³-hybridized carbons (Fsp3) is 0.702. The number of fused-ring (bicyclic) bond motifs is 4. The summed E-state index contributed by atoms with van der Waals surface area (Å²) in [6, 6.07) is 19.2. The van der Waals surface area contributed by atoms with Crippen molar-refractivity contribution >= 4 is 23.2 Å². The molecule has 12 rings (SSSR count). The van der Waals surface area contributed by atoms with Crippen molar-refractivity contribution in [3.63, 3.8) is 0 Å². The number of amides is 1. The first-order valence-corrected chi connectivity index (χ1v) is 22.2. The first-order chi connectivity index (χ1) is 27.4. The van der Waals surface area contributed by atoms with Crippen molar-refractivity contribution in [1.29, 1.82) is 0 Å². The maximum absolute atomic E-state index is 14.4. The normalized spacial score (nSPS) is 47.2. The minimum Gasteiger partial charge on any atom is -0.371 e. The Balaban J connectivity index is 1.02. The van der Waals surface area contributed by atoms with E-state index in [1.807, 2.05) is 60.7 Å². The Morgan fingerprint density at radius 2 is 1.18 bits per heavy atom. The van der Waals surface area contributed by atoms with Crippen LogP contribution in [-0.2, 0) is 33.9 Å². The van der Waals surface area contributed by atoms with Crippen molar-refractivity contribution in [2.75, 3.05) is 4.90 Å². The molecule has 10 aliphatic rings. The largest absolute Gasteiger partial charge is 0.445 e. The topological polar surface area (TPSA) is 97.3 Å². The maximum Gasteiger partial charge on any atom is 0.445 e. The standard InChI is InChI=1S/C47H62N2O8/c1-28-17-19-36-30(3)39(51-40-26-44(5)23-21-34(28)46(36,40)56-54-44)25-38(48-53-43(50)49(32-13-9-7-10-14-32)33-15-11-8-12-16-33)42-31(4)37-20-18-29(2)35-22-24-45(6)27-41(52-42)47(35,37)57-55-45/h7-16,28-31,34-37,39-42H,17-27H2,1-6H3/b48-38-/t28-,29-,30-,31-,34+,35+,36+,37+,39-,40-,41-,42+,44-,45-,46-,47-/m1/s1. The van der Waals surface area contributed by atoms with Crippen LogP contribution in [0.5, 0.6) is 0 Å². The monoisotopic (exact) mass is 782 g/mol. The van der Waals surface area contributed by atoms with Crippen LogP contribution in [0.15, 0.2) is 65.8 Å². The first-order valence-electron chi connectivity index (χ1n) is 22.2. The van der Waals surface area contributed by atoms with Crippen molar-refractivity contribution in [3.8, 4) is 0 Å². The van der Waals surface area contributed by atoms with Crippen LogP contribution in [0.1, 0.15) is 112 Å². The minimum atomic E-state index is -0.575. The SMILES string of the molecule is C[C@H]1[C@@H](/C(C[C@H]2O[C@@H]3C[C@@]4(C)CC[C@H]5[C@H](C)CC[C@@H]([C@H]2C)[C@@]35OO4)=N\OC(=O)N(c2ccccc2)c2ccccc2)O[C@@H]2C[C@@]3(C)CC[C@H]4[C@H](C)CC[C@@H]1[C@@]24OO3. The van der Waals surface area contributed by atoms with Crippen LogP contribution in [0.25, 0.3) is 0 Å². The predicted octanol–water partition coefficient (Wildman–Crippen LogP) is 10.1. The highest BCUT2D eigenvalue weighted by Gasteiger charge is 2.70. The quantitative estimate of drug-likeness (QED) is 0.124.